The molecule has 0 atom stereocenters. The van der Waals surface area contributed by atoms with Gasteiger partial charge in [-0.15, -0.1) is 5.10 Å². The maximum absolute atomic E-state index is 5.32. The summed E-state index contributed by atoms with van der Waals surface area (Å²) in [4.78, 5) is 3.42. The average Bonchev–Trinajstić information content (AvgIpc) is 3.09. The number of aromatic amines is 1. The molecular formula is C17H17N5O. The largest absolute Gasteiger partial charge is 0.497 e. The van der Waals surface area contributed by atoms with Crippen molar-refractivity contribution < 1.29 is 4.74 Å². The lowest BCUT2D eigenvalue weighted by atomic mass is 10.2. The average molecular weight is 307 g/mol. The van der Waals surface area contributed by atoms with E-state index in [1.807, 2.05) is 36.7 Å². The van der Waals surface area contributed by atoms with Crippen LogP contribution in [0.4, 0.5) is 5.82 Å². The minimum atomic E-state index is 0.695. The molecule has 6 nitrogen and oxygen atoms in total. The zero-order chi connectivity index (χ0) is 16.0. The summed E-state index contributed by atoms with van der Waals surface area (Å²) in [6.07, 6.45) is 1.77. The standard InChI is InChI=1S/C17H17N5O/c1-10-4-5-11(2)22(10)21-17-16-14(9-18-20-17)13-8-12(23-3)6-7-15(13)19-16/h4-9,19H,1-3H3,(H,20,21). The highest BCUT2D eigenvalue weighted by Crippen LogP contribution is 2.31. The molecule has 0 spiro atoms. The molecule has 0 saturated heterocycles. The Labute approximate surface area is 133 Å². The lowest BCUT2D eigenvalue weighted by Crippen LogP contribution is -2.14. The second kappa shape index (κ2) is 5.01. The second-order valence-electron chi connectivity index (χ2n) is 5.58. The van der Waals surface area contributed by atoms with Gasteiger partial charge in [-0.25, -0.2) is 0 Å². The molecule has 23 heavy (non-hydrogen) atoms. The number of anilines is 1. The van der Waals surface area contributed by atoms with E-state index in [0.717, 1.165) is 38.9 Å². The zero-order valence-corrected chi connectivity index (χ0v) is 13.2. The summed E-state index contributed by atoms with van der Waals surface area (Å²) in [7, 11) is 1.67. The predicted octanol–water partition coefficient (Wildman–Crippen LogP) is 3.41. The van der Waals surface area contributed by atoms with Gasteiger partial charge in [0.1, 0.15) is 5.75 Å². The van der Waals surface area contributed by atoms with Crippen molar-refractivity contribution in [2.24, 2.45) is 0 Å². The number of rotatable bonds is 3. The molecule has 2 N–H and O–H groups in total. The predicted molar refractivity (Wildman–Crippen MR) is 90.9 cm³/mol. The Morgan fingerprint density at radius 2 is 1.87 bits per heavy atom. The fourth-order valence-corrected chi connectivity index (χ4v) is 2.86. The van der Waals surface area contributed by atoms with E-state index in [1.54, 1.807) is 13.3 Å². The Bertz CT molecular complexity index is 995. The van der Waals surface area contributed by atoms with Gasteiger partial charge in [-0.3, -0.25) is 10.1 Å². The maximum atomic E-state index is 5.32. The minimum Gasteiger partial charge on any atom is -0.497 e. The van der Waals surface area contributed by atoms with Crippen LogP contribution in [0.5, 0.6) is 5.75 Å². The van der Waals surface area contributed by atoms with Gasteiger partial charge in [0.2, 0.25) is 0 Å². The highest BCUT2D eigenvalue weighted by atomic mass is 16.5. The van der Waals surface area contributed by atoms with Gasteiger partial charge in [-0.1, -0.05) is 0 Å². The van der Waals surface area contributed by atoms with Crippen LogP contribution < -0.4 is 10.2 Å². The number of benzene rings is 1. The minimum absolute atomic E-state index is 0.695. The molecule has 0 aliphatic rings. The van der Waals surface area contributed by atoms with E-state index < -0.39 is 0 Å². The van der Waals surface area contributed by atoms with Crippen molar-refractivity contribution >= 4 is 27.6 Å². The van der Waals surface area contributed by atoms with Gasteiger partial charge in [0.25, 0.3) is 0 Å². The topological polar surface area (TPSA) is 67.8 Å². The molecule has 0 unspecified atom stereocenters. The smallest absolute Gasteiger partial charge is 0.191 e. The normalized spacial score (nSPS) is 11.3. The molecule has 1 aromatic carbocycles. The lowest BCUT2D eigenvalue weighted by Gasteiger charge is -2.11. The Hall–Kier alpha value is -3.02. The van der Waals surface area contributed by atoms with Gasteiger partial charge in [0, 0.05) is 27.7 Å². The van der Waals surface area contributed by atoms with Gasteiger partial charge < -0.3 is 9.72 Å². The number of H-pyrrole nitrogens is 1. The van der Waals surface area contributed by atoms with Gasteiger partial charge in [0.05, 0.1) is 18.8 Å². The summed E-state index contributed by atoms with van der Waals surface area (Å²) in [5, 5.41) is 10.5. The van der Waals surface area contributed by atoms with E-state index in [9.17, 15) is 0 Å². The van der Waals surface area contributed by atoms with Gasteiger partial charge in [-0.05, 0) is 44.2 Å². The molecule has 0 aliphatic heterocycles. The molecular weight excluding hydrogens is 290 g/mol. The molecule has 0 aliphatic carbocycles. The molecule has 3 heterocycles. The first-order valence-electron chi connectivity index (χ1n) is 7.40. The first-order chi connectivity index (χ1) is 11.2. The van der Waals surface area contributed by atoms with Gasteiger partial charge in [-0.2, -0.15) is 5.10 Å². The monoisotopic (exact) mass is 307 g/mol. The van der Waals surface area contributed by atoms with Crippen molar-refractivity contribution in [1.82, 2.24) is 19.9 Å². The van der Waals surface area contributed by atoms with E-state index in [-0.39, 0.29) is 0 Å². The lowest BCUT2D eigenvalue weighted by molar-refractivity contribution is 0.415. The fourth-order valence-electron chi connectivity index (χ4n) is 2.86. The van der Waals surface area contributed by atoms with Crippen LogP contribution in [-0.2, 0) is 0 Å². The first-order valence-corrected chi connectivity index (χ1v) is 7.40. The summed E-state index contributed by atoms with van der Waals surface area (Å²) in [5.41, 5.74) is 7.51. The van der Waals surface area contributed by atoms with Crippen LogP contribution in [0.3, 0.4) is 0 Å². The Morgan fingerprint density at radius 1 is 1.09 bits per heavy atom. The van der Waals surface area contributed by atoms with Crippen LogP contribution in [0.25, 0.3) is 21.8 Å². The molecule has 4 aromatic rings. The number of hydrogen-bond acceptors (Lipinski definition) is 4. The van der Waals surface area contributed by atoms with Gasteiger partial charge >= 0.3 is 0 Å². The molecule has 3 aromatic heterocycles. The van der Waals surface area contributed by atoms with E-state index >= 15 is 0 Å². The number of nitrogens with zero attached hydrogens (tertiary/aromatic N) is 3. The third-order valence-electron chi connectivity index (χ3n) is 4.12. The van der Waals surface area contributed by atoms with Crippen molar-refractivity contribution in [1.29, 1.82) is 0 Å². The van der Waals surface area contributed by atoms with Crippen molar-refractivity contribution in [2.75, 3.05) is 12.5 Å². The SMILES string of the molecule is COc1ccc2[nH]c3c(Nn4c(C)ccc4C)nncc3c2c1. The second-order valence-corrected chi connectivity index (χ2v) is 5.58. The van der Waals surface area contributed by atoms with Crippen LogP contribution in [0.1, 0.15) is 11.4 Å². The Morgan fingerprint density at radius 3 is 2.61 bits per heavy atom. The van der Waals surface area contributed by atoms with E-state index in [1.165, 1.54) is 0 Å². The van der Waals surface area contributed by atoms with Crippen LogP contribution in [-0.4, -0.2) is 27.0 Å². The quantitative estimate of drug-likeness (QED) is 0.608. The van der Waals surface area contributed by atoms with Crippen LogP contribution in [0.15, 0.2) is 36.5 Å². The van der Waals surface area contributed by atoms with Crippen LogP contribution >= 0.6 is 0 Å². The number of hydrogen-bond donors (Lipinski definition) is 2. The molecule has 0 fully saturated rings. The summed E-state index contributed by atoms with van der Waals surface area (Å²) >= 11 is 0. The van der Waals surface area contributed by atoms with E-state index in [0.29, 0.717) is 5.82 Å². The molecule has 116 valence electrons. The summed E-state index contributed by atoms with van der Waals surface area (Å²) in [5.74, 6) is 1.52. The summed E-state index contributed by atoms with van der Waals surface area (Å²) < 4.78 is 7.31. The van der Waals surface area contributed by atoms with Crippen molar-refractivity contribution in [2.45, 2.75) is 13.8 Å². The Kier molecular flexibility index (Phi) is 2.97. The highest BCUT2D eigenvalue weighted by molar-refractivity contribution is 6.10. The van der Waals surface area contributed by atoms with Crippen molar-refractivity contribution in [3.05, 3.63) is 47.9 Å². The molecule has 6 heteroatoms. The zero-order valence-electron chi connectivity index (χ0n) is 13.2. The van der Waals surface area contributed by atoms with Crippen molar-refractivity contribution in [3.8, 4) is 5.75 Å². The number of ether oxygens (including phenoxy) is 1. The number of aromatic nitrogens is 4. The molecule has 0 saturated carbocycles. The molecule has 0 bridgehead atoms. The van der Waals surface area contributed by atoms with E-state index in [4.69, 9.17) is 4.74 Å². The maximum Gasteiger partial charge on any atom is 0.191 e. The highest BCUT2D eigenvalue weighted by Gasteiger charge is 2.12. The number of methoxy groups -OCH3 is 1. The summed E-state index contributed by atoms with van der Waals surface area (Å²) in [6.45, 7) is 4.09. The molecule has 0 radical (unpaired) electrons. The van der Waals surface area contributed by atoms with E-state index in [2.05, 4.69) is 32.7 Å². The number of nitrogens with one attached hydrogen (secondary N) is 2. The third-order valence-corrected chi connectivity index (χ3v) is 4.12. The summed E-state index contributed by atoms with van der Waals surface area (Å²) in [6, 6.07) is 10.1. The fraction of sp³-hybridized carbons (Fsp3) is 0.176. The van der Waals surface area contributed by atoms with Crippen LogP contribution in [0.2, 0.25) is 0 Å². The van der Waals surface area contributed by atoms with Crippen LogP contribution in [0, 0.1) is 13.8 Å². The molecule has 0 amide bonds. The molecule has 4 rings (SSSR count). The van der Waals surface area contributed by atoms with Gasteiger partial charge in [0.15, 0.2) is 5.82 Å². The number of fused-ring (bicyclic) bond motifs is 3. The third kappa shape index (κ3) is 2.11. The first kappa shape index (κ1) is 13.6. The Balaban J connectivity index is 1.91. The number of aryl methyl sites for hydroxylation is 2. The van der Waals surface area contributed by atoms with Crippen molar-refractivity contribution in [3.63, 3.8) is 0 Å².